The fourth-order valence-corrected chi connectivity index (χ4v) is 5.31. The van der Waals surface area contributed by atoms with E-state index in [9.17, 15) is 0 Å². The number of thiocarbonyl (C=S) groups is 1. The summed E-state index contributed by atoms with van der Waals surface area (Å²) in [5.74, 6) is 0. The zero-order valence-corrected chi connectivity index (χ0v) is 16.3. The molecule has 0 saturated carbocycles. The molecule has 3 nitrogen and oxygen atoms in total. The van der Waals surface area contributed by atoms with Gasteiger partial charge < -0.3 is 10.6 Å². The molecule has 0 radical (unpaired) electrons. The lowest BCUT2D eigenvalue weighted by atomic mass is 9.97. The van der Waals surface area contributed by atoms with Gasteiger partial charge in [-0.25, -0.2) is 0 Å². The number of benzene rings is 1. The number of piperidine rings is 1. The molecule has 2 bridgehead atoms. The van der Waals surface area contributed by atoms with Crippen LogP contribution in [0, 0.1) is 0 Å². The number of nitrogens with one attached hydrogen (secondary N) is 2. The second-order valence-corrected chi connectivity index (χ2v) is 8.73. The van der Waals surface area contributed by atoms with Crippen LogP contribution in [0.25, 0.3) is 0 Å². The van der Waals surface area contributed by atoms with Gasteiger partial charge in [0.2, 0.25) is 0 Å². The zero-order valence-electron chi connectivity index (χ0n) is 14.0. The van der Waals surface area contributed by atoms with Crippen LogP contribution in [-0.2, 0) is 6.54 Å². The summed E-state index contributed by atoms with van der Waals surface area (Å²) in [6, 6.07) is 13.9. The summed E-state index contributed by atoms with van der Waals surface area (Å²) in [5.41, 5.74) is 0.861. The number of halogens is 1. The van der Waals surface area contributed by atoms with Gasteiger partial charge >= 0.3 is 0 Å². The molecule has 2 aromatic rings. The number of para-hydroxylation sites is 1. The quantitative estimate of drug-likeness (QED) is 0.726. The molecular weight excluding hydrogens is 370 g/mol. The highest BCUT2D eigenvalue weighted by atomic mass is 35.5. The highest BCUT2D eigenvalue weighted by Gasteiger charge is 2.40. The Morgan fingerprint density at radius 3 is 2.60 bits per heavy atom. The average molecular weight is 392 g/mol. The van der Waals surface area contributed by atoms with E-state index in [1.807, 2.05) is 35.6 Å². The minimum absolute atomic E-state index is 0.444. The molecule has 2 aliphatic heterocycles. The van der Waals surface area contributed by atoms with Gasteiger partial charge in [0, 0.05) is 29.5 Å². The molecule has 0 spiro atoms. The minimum Gasteiger partial charge on any atom is -0.360 e. The maximum absolute atomic E-state index is 6.20. The maximum atomic E-state index is 6.20. The fourth-order valence-electron chi connectivity index (χ4n) is 4.14. The van der Waals surface area contributed by atoms with Crippen molar-refractivity contribution in [1.29, 1.82) is 0 Å². The van der Waals surface area contributed by atoms with Gasteiger partial charge in [-0.1, -0.05) is 29.8 Å². The third-order valence-electron chi connectivity index (χ3n) is 5.26. The molecule has 2 fully saturated rings. The molecule has 3 atom stereocenters. The van der Waals surface area contributed by atoms with Gasteiger partial charge in [-0.2, -0.15) is 0 Å². The third kappa shape index (κ3) is 4.00. The van der Waals surface area contributed by atoms with Crippen molar-refractivity contribution in [2.24, 2.45) is 0 Å². The molecule has 1 aromatic carbocycles. The van der Waals surface area contributed by atoms with Crippen LogP contribution in [0.5, 0.6) is 0 Å². The Morgan fingerprint density at radius 2 is 1.92 bits per heavy atom. The van der Waals surface area contributed by atoms with E-state index in [0.29, 0.717) is 28.3 Å². The van der Waals surface area contributed by atoms with E-state index in [2.05, 4.69) is 33.0 Å². The van der Waals surface area contributed by atoms with Crippen molar-refractivity contribution in [3.8, 4) is 0 Å². The molecule has 132 valence electrons. The van der Waals surface area contributed by atoms with Gasteiger partial charge in [0.05, 0.1) is 10.7 Å². The van der Waals surface area contributed by atoms with Gasteiger partial charge in [0.15, 0.2) is 5.11 Å². The number of nitrogens with zero attached hydrogens (tertiary/aromatic N) is 1. The Balaban J connectivity index is 1.33. The van der Waals surface area contributed by atoms with Crippen molar-refractivity contribution in [3.63, 3.8) is 0 Å². The SMILES string of the molecule is S=C(Nc1ccccc1Cl)NC1C[C@H]2CC[C@@H](C1)N2Cc1cccs1. The Bertz CT molecular complexity index is 720. The Labute approximate surface area is 163 Å². The Morgan fingerprint density at radius 1 is 1.16 bits per heavy atom. The van der Waals surface area contributed by atoms with Gasteiger partial charge in [-0.05, 0) is 61.5 Å². The molecule has 6 heteroatoms. The van der Waals surface area contributed by atoms with Crippen molar-refractivity contribution in [2.75, 3.05) is 5.32 Å². The average Bonchev–Trinajstić information content (AvgIpc) is 3.17. The van der Waals surface area contributed by atoms with E-state index >= 15 is 0 Å². The molecule has 1 unspecified atom stereocenters. The molecule has 25 heavy (non-hydrogen) atoms. The molecule has 2 aliphatic rings. The van der Waals surface area contributed by atoms with Gasteiger partial charge in [0.1, 0.15) is 0 Å². The van der Waals surface area contributed by atoms with Crippen LogP contribution in [0.15, 0.2) is 41.8 Å². The van der Waals surface area contributed by atoms with E-state index in [-0.39, 0.29) is 0 Å². The van der Waals surface area contributed by atoms with Crippen LogP contribution < -0.4 is 10.6 Å². The highest BCUT2D eigenvalue weighted by molar-refractivity contribution is 7.80. The number of hydrogen-bond acceptors (Lipinski definition) is 3. The number of rotatable bonds is 4. The highest BCUT2D eigenvalue weighted by Crippen LogP contribution is 2.37. The van der Waals surface area contributed by atoms with E-state index < -0.39 is 0 Å². The first-order valence-corrected chi connectivity index (χ1v) is 10.5. The van der Waals surface area contributed by atoms with E-state index in [1.54, 1.807) is 0 Å². The van der Waals surface area contributed by atoms with Crippen molar-refractivity contribution in [3.05, 3.63) is 51.7 Å². The van der Waals surface area contributed by atoms with Crippen LogP contribution in [0.2, 0.25) is 5.02 Å². The molecule has 0 amide bonds. The molecule has 3 heterocycles. The zero-order chi connectivity index (χ0) is 17.2. The maximum Gasteiger partial charge on any atom is 0.171 e. The Kier molecular flexibility index (Phi) is 5.27. The molecule has 2 saturated heterocycles. The van der Waals surface area contributed by atoms with E-state index in [1.165, 1.54) is 17.7 Å². The molecule has 4 rings (SSSR count). The lowest BCUT2D eigenvalue weighted by Crippen LogP contribution is -2.50. The monoisotopic (exact) mass is 391 g/mol. The molecular formula is C19H22ClN3S2. The second kappa shape index (κ2) is 7.62. The molecule has 2 N–H and O–H groups in total. The van der Waals surface area contributed by atoms with Crippen LogP contribution in [0.3, 0.4) is 0 Å². The summed E-state index contributed by atoms with van der Waals surface area (Å²) >= 11 is 13.6. The van der Waals surface area contributed by atoms with Crippen LogP contribution in [-0.4, -0.2) is 28.1 Å². The summed E-state index contributed by atoms with van der Waals surface area (Å²) in [7, 11) is 0. The topological polar surface area (TPSA) is 27.3 Å². The summed E-state index contributed by atoms with van der Waals surface area (Å²) in [6.07, 6.45) is 4.93. The number of anilines is 1. The number of hydrogen-bond donors (Lipinski definition) is 2. The summed E-state index contributed by atoms with van der Waals surface area (Å²) < 4.78 is 0. The largest absolute Gasteiger partial charge is 0.360 e. The lowest BCUT2D eigenvalue weighted by Gasteiger charge is -2.39. The van der Waals surface area contributed by atoms with Crippen molar-refractivity contribution < 1.29 is 0 Å². The third-order valence-corrected chi connectivity index (χ3v) is 6.67. The minimum atomic E-state index is 0.444. The smallest absolute Gasteiger partial charge is 0.171 e. The second-order valence-electron chi connectivity index (χ2n) is 6.88. The summed E-state index contributed by atoms with van der Waals surface area (Å²) in [4.78, 5) is 4.17. The predicted octanol–water partition coefficient (Wildman–Crippen LogP) is 4.88. The van der Waals surface area contributed by atoms with Gasteiger partial charge in [0.25, 0.3) is 0 Å². The first-order valence-electron chi connectivity index (χ1n) is 8.79. The van der Waals surface area contributed by atoms with E-state index in [4.69, 9.17) is 23.8 Å². The normalized spacial score (nSPS) is 25.7. The standard InChI is InChI=1S/C19H22ClN3S2/c20-17-5-1-2-6-18(17)22-19(24)21-13-10-14-7-8-15(11-13)23(14)12-16-4-3-9-25-16/h1-6,9,13-15H,7-8,10-12H2,(H2,21,22,24)/t13?,14-,15+. The summed E-state index contributed by atoms with van der Waals surface area (Å²) in [6.45, 7) is 1.10. The van der Waals surface area contributed by atoms with Crippen molar-refractivity contribution in [2.45, 2.75) is 50.4 Å². The summed E-state index contributed by atoms with van der Waals surface area (Å²) in [5, 5.41) is 10.3. The van der Waals surface area contributed by atoms with Crippen LogP contribution >= 0.6 is 35.2 Å². The molecule has 1 aromatic heterocycles. The molecule has 0 aliphatic carbocycles. The number of fused-ring (bicyclic) bond motifs is 2. The predicted molar refractivity (Wildman–Crippen MR) is 111 cm³/mol. The van der Waals surface area contributed by atoms with E-state index in [0.717, 1.165) is 25.1 Å². The fraction of sp³-hybridized carbons (Fsp3) is 0.421. The lowest BCUT2D eigenvalue weighted by molar-refractivity contribution is 0.116. The van der Waals surface area contributed by atoms with Crippen molar-refractivity contribution in [1.82, 2.24) is 10.2 Å². The van der Waals surface area contributed by atoms with Crippen LogP contribution in [0.1, 0.15) is 30.6 Å². The van der Waals surface area contributed by atoms with Gasteiger partial charge in [-0.3, -0.25) is 4.90 Å². The first kappa shape index (κ1) is 17.3. The first-order chi connectivity index (χ1) is 12.2. The number of thiophene rings is 1. The van der Waals surface area contributed by atoms with Crippen molar-refractivity contribution >= 4 is 46.0 Å². The Hall–Kier alpha value is -1.14. The van der Waals surface area contributed by atoms with Crippen LogP contribution in [0.4, 0.5) is 5.69 Å². The van der Waals surface area contributed by atoms with Gasteiger partial charge in [-0.15, -0.1) is 11.3 Å².